The van der Waals surface area contributed by atoms with Crippen molar-refractivity contribution in [2.75, 3.05) is 31.1 Å². The van der Waals surface area contributed by atoms with Crippen LogP contribution in [0.4, 0.5) is 5.82 Å². The highest BCUT2D eigenvalue weighted by Gasteiger charge is 2.18. The lowest BCUT2D eigenvalue weighted by Crippen LogP contribution is -2.46. The van der Waals surface area contributed by atoms with Gasteiger partial charge in [-0.1, -0.05) is 0 Å². The fourth-order valence-corrected chi connectivity index (χ4v) is 2.34. The number of anilines is 1. The molecule has 0 aliphatic carbocycles. The molecule has 6 heteroatoms. The summed E-state index contributed by atoms with van der Waals surface area (Å²) in [4.78, 5) is 13.1. The van der Waals surface area contributed by atoms with E-state index >= 15 is 0 Å². The van der Waals surface area contributed by atoms with Gasteiger partial charge in [0.1, 0.15) is 0 Å². The van der Waals surface area contributed by atoms with Crippen molar-refractivity contribution < 1.29 is 0 Å². The molecule has 1 saturated heterocycles. The van der Waals surface area contributed by atoms with Gasteiger partial charge in [-0.3, -0.25) is 14.9 Å². The van der Waals surface area contributed by atoms with Gasteiger partial charge in [0.25, 0.3) is 0 Å². The third-order valence-corrected chi connectivity index (χ3v) is 3.48. The van der Waals surface area contributed by atoms with Gasteiger partial charge < -0.3 is 4.90 Å². The highest BCUT2D eigenvalue weighted by molar-refractivity contribution is 5.37. The molecule has 0 radical (unpaired) electrons. The number of hydrogen-bond acceptors (Lipinski definition) is 6. The Morgan fingerprint density at radius 3 is 2.55 bits per heavy atom. The number of hydrogen-bond donors (Lipinski definition) is 0. The molecule has 0 atom stereocenters. The number of nitrogens with zero attached hydrogens (tertiary/aromatic N) is 6. The van der Waals surface area contributed by atoms with Gasteiger partial charge in [0.15, 0.2) is 5.82 Å². The minimum Gasteiger partial charge on any atom is -0.353 e. The van der Waals surface area contributed by atoms with Crippen LogP contribution < -0.4 is 4.90 Å². The molecule has 0 spiro atoms. The van der Waals surface area contributed by atoms with Crippen LogP contribution in [0.5, 0.6) is 0 Å². The highest BCUT2D eigenvalue weighted by atomic mass is 15.3. The molecule has 2 aromatic heterocycles. The Morgan fingerprint density at radius 2 is 1.90 bits per heavy atom. The molecular weight excluding hydrogens is 252 g/mol. The monoisotopic (exact) mass is 270 g/mol. The lowest BCUT2D eigenvalue weighted by Gasteiger charge is -2.34. The Bertz CT molecular complexity index is 533. The molecule has 6 nitrogen and oxygen atoms in total. The predicted octanol–water partition coefficient (Wildman–Crippen LogP) is 0.897. The first-order valence-corrected chi connectivity index (χ1v) is 6.84. The zero-order valence-corrected chi connectivity index (χ0v) is 11.6. The maximum Gasteiger partial charge on any atom is 0.151 e. The second kappa shape index (κ2) is 5.92. The summed E-state index contributed by atoms with van der Waals surface area (Å²) in [5, 5.41) is 8.36. The van der Waals surface area contributed by atoms with Crippen molar-refractivity contribution in [2.45, 2.75) is 13.5 Å². The van der Waals surface area contributed by atoms with Crippen LogP contribution in [-0.4, -0.2) is 51.2 Å². The number of aromatic nitrogens is 4. The van der Waals surface area contributed by atoms with E-state index in [4.69, 9.17) is 0 Å². The van der Waals surface area contributed by atoms with E-state index in [0.717, 1.165) is 49.9 Å². The molecule has 0 aromatic carbocycles. The van der Waals surface area contributed by atoms with Crippen LogP contribution in [0, 0.1) is 6.92 Å². The SMILES string of the molecule is Cc1ccc(N2CCN(Cc3cnccn3)CC2)nn1. The van der Waals surface area contributed by atoms with Gasteiger partial charge in [0.2, 0.25) is 0 Å². The van der Waals surface area contributed by atoms with Crippen LogP contribution in [-0.2, 0) is 6.54 Å². The summed E-state index contributed by atoms with van der Waals surface area (Å²) in [5.74, 6) is 0.967. The quantitative estimate of drug-likeness (QED) is 0.826. The molecule has 20 heavy (non-hydrogen) atoms. The van der Waals surface area contributed by atoms with Crippen LogP contribution in [0.15, 0.2) is 30.7 Å². The second-order valence-corrected chi connectivity index (χ2v) is 4.99. The van der Waals surface area contributed by atoms with Crippen LogP contribution in [0.25, 0.3) is 0 Å². The summed E-state index contributed by atoms with van der Waals surface area (Å²) in [5.41, 5.74) is 1.98. The van der Waals surface area contributed by atoms with Crippen LogP contribution in [0.2, 0.25) is 0 Å². The van der Waals surface area contributed by atoms with E-state index in [9.17, 15) is 0 Å². The zero-order valence-electron chi connectivity index (χ0n) is 11.6. The molecule has 1 aliphatic heterocycles. The van der Waals surface area contributed by atoms with Crippen LogP contribution in [0.1, 0.15) is 11.4 Å². The van der Waals surface area contributed by atoms with E-state index in [2.05, 4.69) is 30.0 Å². The molecule has 0 amide bonds. The average molecular weight is 270 g/mol. The van der Waals surface area contributed by atoms with Crippen molar-refractivity contribution in [1.82, 2.24) is 25.1 Å². The molecule has 0 saturated carbocycles. The second-order valence-electron chi connectivity index (χ2n) is 4.99. The minimum absolute atomic E-state index is 0.862. The largest absolute Gasteiger partial charge is 0.353 e. The number of rotatable bonds is 3. The molecule has 0 unspecified atom stereocenters. The lowest BCUT2D eigenvalue weighted by atomic mass is 10.3. The van der Waals surface area contributed by atoms with Gasteiger partial charge in [-0.2, -0.15) is 5.10 Å². The molecule has 1 fully saturated rings. The van der Waals surface area contributed by atoms with Crippen molar-refractivity contribution in [3.05, 3.63) is 42.1 Å². The fraction of sp³-hybridized carbons (Fsp3) is 0.429. The molecule has 1 aliphatic rings. The normalized spacial score (nSPS) is 16.4. The first-order chi connectivity index (χ1) is 9.81. The van der Waals surface area contributed by atoms with Gasteiger partial charge in [-0.25, -0.2) is 0 Å². The Labute approximate surface area is 118 Å². The van der Waals surface area contributed by atoms with Crippen molar-refractivity contribution in [3.63, 3.8) is 0 Å². The van der Waals surface area contributed by atoms with E-state index in [-0.39, 0.29) is 0 Å². The van der Waals surface area contributed by atoms with E-state index in [1.54, 1.807) is 12.4 Å². The fourth-order valence-electron chi connectivity index (χ4n) is 2.34. The average Bonchev–Trinajstić information content (AvgIpc) is 2.50. The van der Waals surface area contributed by atoms with Gasteiger partial charge >= 0.3 is 0 Å². The molecule has 3 heterocycles. The van der Waals surface area contributed by atoms with E-state index < -0.39 is 0 Å². The number of piperazine rings is 1. The standard InChI is InChI=1S/C14H18N6/c1-12-2-3-14(18-17-12)20-8-6-19(7-9-20)11-13-10-15-4-5-16-13/h2-5,10H,6-9,11H2,1H3. The first-order valence-electron chi connectivity index (χ1n) is 6.84. The number of aryl methyl sites for hydroxylation is 1. The minimum atomic E-state index is 0.862. The van der Waals surface area contributed by atoms with Crippen molar-refractivity contribution in [1.29, 1.82) is 0 Å². The van der Waals surface area contributed by atoms with Gasteiger partial charge in [-0.05, 0) is 19.1 Å². The Balaban J connectivity index is 1.55. The first kappa shape index (κ1) is 12.9. The molecule has 3 rings (SSSR count). The van der Waals surface area contributed by atoms with Crippen molar-refractivity contribution in [3.8, 4) is 0 Å². The Hall–Kier alpha value is -2.08. The lowest BCUT2D eigenvalue weighted by molar-refractivity contribution is 0.246. The van der Waals surface area contributed by atoms with E-state index in [1.165, 1.54) is 0 Å². The molecular formula is C14H18N6. The van der Waals surface area contributed by atoms with Gasteiger partial charge in [0, 0.05) is 51.3 Å². The Morgan fingerprint density at radius 1 is 1.05 bits per heavy atom. The van der Waals surface area contributed by atoms with E-state index in [1.807, 2.05) is 25.3 Å². The summed E-state index contributed by atoms with van der Waals surface area (Å²) in [6.07, 6.45) is 5.28. The van der Waals surface area contributed by atoms with E-state index in [0.29, 0.717) is 0 Å². The summed E-state index contributed by atoms with van der Waals surface area (Å²) < 4.78 is 0. The predicted molar refractivity (Wildman–Crippen MR) is 76.3 cm³/mol. The third-order valence-electron chi connectivity index (χ3n) is 3.48. The third kappa shape index (κ3) is 3.08. The zero-order chi connectivity index (χ0) is 13.8. The Kier molecular flexibility index (Phi) is 3.83. The van der Waals surface area contributed by atoms with Crippen LogP contribution in [0.3, 0.4) is 0 Å². The van der Waals surface area contributed by atoms with Crippen LogP contribution >= 0.6 is 0 Å². The molecule has 104 valence electrons. The maximum absolute atomic E-state index is 4.32. The molecule has 0 N–H and O–H groups in total. The summed E-state index contributed by atoms with van der Waals surface area (Å²) in [6, 6.07) is 4.05. The summed E-state index contributed by atoms with van der Waals surface area (Å²) in [6.45, 7) is 6.77. The molecule has 0 bridgehead atoms. The maximum atomic E-state index is 4.32. The van der Waals surface area contributed by atoms with Crippen molar-refractivity contribution in [2.24, 2.45) is 0 Å². The van der Waals surface area contributed by atoms with Gasteiger partial charge in [-0.15, -0.1) is 5.10 Å². The topological polar surface area (TPSA) is 58.0 Å². The van der Waals surface area contributed by atoms with Crippen molar-refractivity contribution >= 4 is 5.82 Å². The smallest absolute Gasteiger partial charge is 0.151 e. The van der Waals surface area contributed by atoms with Gasteiger partial charge in [0.05, 0.1) is 11.4 Å². The molecule has 2 aromatic rings. The summed E-state index contributed by atoms with van der Waals surface area (Å²) in [7, 11) is 0. The summed E-state index contributed by atoms with van der Waals surface area (Å²) >= 11 is 0. The highest BCUT2D eigenvalue weighted by Crippen LogP contribution is 2.13.